The van der Waals surface area contributed by atoms with Crippen molar-refractivity contribution in [3.63, 3.8) is 0 Å². The molecule has 4 heterocycles. The first-order valence-corrected chi connectivity index (χ1v) is 13.4. The molecule has 0 spiro atoms. The molecule has 0 radical (unpaired) electrons. The lowest BCUT2D eigenvalue weighted by atomic mass is 9.85. The fourth-order valence-corrected chi connectivity index (χ4v) is 5.88. The van der Waals surface area contributed by atoms with Gasteiger partial charge in [0.15, 0.2) is 16.5 Å². The number of esters is 1. The minimum atomic E-state index is -2.17. The third-order valence-electron chi connectivity index (χ3n) is 7.30. The maximum atomic E-state index is 16.1. The molecule has 1 amide bonds. The quantitative estimate of drug-likeness (QED) is 0.496. The number of aryl methyl sites for hydroxylation is 1. The zero-order valence-corrected chi connectivity index (χ0v) is 22.2. The Morgan fingerprint density at radius 3 is 2.82 bits per heavy atom. The van der Waals surface area contributed by atoms with Gasteiger partial charge in [-0.15, -0.1) is 11.3 Å². The van der Waals surface area contributed by atoms with Crippen LogP contribution in [0.4, 0.5) is 14.5 Å². The van der Waals surface area contributed by atoms with Crippen LogP contribution in [0.25, 0.3) is 0 Å². The molecular formula is C26H27F2N5O5S. The molecule has 0 bridgehead atoms. The maximum Gasteiger partial charge on any atom is 0.337 e. The number of aromatic carboxylic acids is 1. The number of likely N-dealkylation sites (tertiary alicyclic amines) is 1. The Kier molecular flexibility index (Phi) is 7.21. The van der Waals surface area contributed by atoms with E-state index >= 15 is 4.39 Å². The standard InChI is InChI=1S/C26H27F2N5O5S/c1-3-38-24(36)17-10-30-21(22-29-5-7-39-22)31-19(17)13-32-6-4-26(28)15(11-32)12-33(25(26)37)20-8-14(2)16(23(34)35)9-18(20)27/h5,7-9,15H,3-4,6,10-13H2,1-2H3,(H,30,31)(H,34,35). The molecule has 3 aliphatic rings. The zero-order chi connectivity index (χ0) is 27.9. The number of hydrogen-bond acceptors (Lipinski definition) is 9. The Morgan fingerprint density at radius 2 is 2.13 bits per heavy atom. The second-order valence-electron chi connectivity index (χ2n) is 9.69. The van der Waals surface area contributed by atoms with Gasteiger partial charge in [0.1, 0.15) is 5.82 Å². The van der Waals surface area contributed by atoms with Crippen molar-refractivity contribution in [2.75, 3.05) is 44.2 Å². The lowest BCUT2D eigenvalue weighted by Crippen LogP contribution is -2.52. The zero-order valence-electron chi connectivity index (χ0n) is 21.4. The van der Waals surface area contributed by atoms with Crippen LogP contribution in [0.5, 0.6) is 0 Å². The van der Waals surface area contributed by atoms with E-state index in [0.717, 1.165) is 11.0 Å². The van der Waals surface area contributed by atoms with E-state index in [2.05, 4.69) is 15.3 Å². The number of amides is 1. The first-order valence-electron chi connectivity index (χ1n) is 12.5. The van der Waals surface area contributed by atoms with E-state index in [-0.39, 0.29) is 62.6 Å². The number of rotatable bonds is 7. The number of carboxylic acids is 1. The average molecular weight is 560 g/mol. The lowest BCUT2D eigenvalue weighted by molar-refractivity contribution is -0.138. The van der Waals surface area contributed by atoms with Gasteiger partial charge in [0.25, 0.3) is 5.91 Å². The van der Waals surface area contributed by atoms with E-state index < -0.39 is 35.2 Å². The average Bonchev–Trinajstić information content (AvgIpc) is 3.53. The van der Waals surface area contributed by atoms with Crippen molar-refractivity contribution in [2.24, 2.45) is 10.9 Å². The normalized spacial score (nSPS) is 23.4. The number of ether oxygens (including phenoxy) is 1. The molecule has 2 atom stereocenters. The van der Waals surface area contributed by atoms with E-state index in [1.807, 2.05) is 10.3 Å². The molecule has 2 N–H and O–H groups in total. The van der Waals surface area contributed by atoms with Crippen molar-refractivity contribution in [3.05, 3.63) is 56.9 Å². The summed E-state index contributed by atoms with van der Waals surface area (Å²) >= 11 is 1.40. The molecule has 1 aromatic heterocycles. The highest BCUT2D eigenvalue weighted by Crippen LogP contribution is 2.42. The highest BCUT2D eigenvalue weighted by Gasteiger charge is 2.57. The summed E-state index contributed by atoms with van der Waals surface area (Å²) in [5.74, 6) is -3.71. The fraction of sp³-hybridized carbons (Fsp3) is 0.423. The number of aromatic nitrogens is 1. The molecule has 0 saturated carbocycles. The second kappa shape index (κ2) is 10.5. The highest BCUT2D eigenvalue weighted by atomic mass is 32.1. The number of fused-ring (bicyclic) bond motifs is 1. The molecule has 206 valence electrons. The van der Waals surface area contributed by atoms with Crippen molar-refractivity contribution < 1.29 is 33.0 Å². The molecular weight excluding hydrogens is 532 g/mol. The Bertz CT molecular complexity index is 1400. The van der Waals surface area contributed by atoms with Crippen molar-refractivity contribution in [3.8, 4) is 0 Å². The Morgan fingerprint density at radius 1 is 1.33 bits per heavy atom. The molecule has 0 aliphatic carbocycles. The summed E-state index contributed by atoms with van der Waals surface area (Å²) in [5, 5.41) is 14.9. The van der Waals surface area contributed by atoms with Crippen LogP contribution in [0.3, 0.4) is 0 Å². The number of hydrogen-bond donors (Lipinski definition) is 2. The summed E-state index contributed by atoms with van der Waals surface area (Å²) in [6.45, 7) is 4.16. The summed E-state index contributed by atoms with van der Waals surface area (Å²) in [6.07, 6.45) is 1.55. The van der Waals surface area contributed by atoms with Gasteiger partial charge in [0.2, 0.25) is 0 Å². The molecule has 39 heavy (non-hydrogen) atoms. The number of amidine groups is 1. The monoisotopic (exact) mass is 559 g/mol. The number of thiazole rings is 1. The number of alkyl halides is 1. The van der Waals surface area contributed by atoms with Gasteiger partial charge in [-0.25, -0.2) is 23.4 Å². The molecule has 2 saturated heterocycles. The van der Waals surface area contributed by atoms with Gasteiger partial charge in [-0.1, -0.05) is 0 Å². The smallest absolute Gasteiger partial charge is 0.337 e. The molecule has 5 rings (SSSR count). The van der Waals surface area contributed by atoms with Crippen LogP contribution in [-0.4, -0.2) is 83.7 Å². The largest absolute Gasteiger partial charge is 0.478 e. The van der Waals surface area contributed by atoms with E-state index in [0.29, 0.717) is 22.1 Å². The van der Waals surface area contributed by atoms with Crippen LogP contribution in [0.15, 0.2) is 40.0 Å². The van der Waals surface area contributed by atoms with Crippen LogP contribution in [0, 0.1) is 18.7 Å². The topological polar surface area (TPSA) is 124 Å². The van der Waals surface area contributed by atoms with Gasteiger partial charge < -0.3 is 20.1 Å². The van der Waals surface area contributed by atoms with Gasteiger partial charge in [0.05, 0.1) is 30.0 Å². The van der Waals surface area contributed by atoms with E-state index in [9.17, 15) is 23.9 Å². The highest BCUT2D eigenvalue weighted by molar-refractivity contribution is 7.11. The predicted molar refractivity (Wildman–Crippen MR) is 139 cm³/mol. The third-order valence-corrected chi connectivity index (χ3v) is 8.08. The van der Waals surface area contributed by atoms with Crippen LogP contribution in [0.2, 0.25) is 0 Å². The van der Waals surface area contributed by atoms with Crippen molar-refractivity contribution in [1.82, 2.24) is 15.2 Å². The Balaban J connectivity index is 1.36. The number of carbonyl (C=O) groups is 3. The summed E-state index contributed by atoms with van der Waals surface area (Å²) in [6, 6.07) is 2.14. The van der Waals surface area contributed by atoms with Crippen molar-refractivity contribution >= 4 is 40.7 Å². The van der Waals surface area contributed by atoms with E-state index in [1.54, 1.807) is 13.1 Å². The molecule has 2 unspecified atom stereocenters. The fourth-order valence-electron chi connectivity index (χ4n) is 5.28. The van der Waals surface area contributed by atoms with Gasteiger partial charge in [-0.2, -0.15) is 0 Å². The Labute approximate surface area is 227 Å². The number of aliphatic imine (C=N–C) groups is 1. The minimum Gasteiger partial charge on any atom is -0.478 e. The van der Waals surface area contributed by atoms with E-state index in [4.69, 9.17) is 4.74 Å². The number of anilines is 1. The number of carboxylic acid groups (broad SMARTS) is 1. The van der Waals surface area contributed by atoms with Crippen LogP contribution in [-0.2, 0) is 14.3 Å². The lowest BCUT2D eigenvalue weighted by Gasteiger charge is -2.37. The van der Waals surface area contributed by atoms with Gasteiger partial charge in [0, 0.05) is 55.8 Å². The summed E-state index contributed by atoms with van der Waals surface area (Å²) in [5.41, 5.74) is -1.30. The summed E-state index contributed by atoms with van der Waals surface area (Å²) in [4.78, 5) is 48.9. The van der Waals surface area contributed by atoms with Crippen LogP contribution in [0.1, 0.15) is 34.3 Å². The Hall–Kier alpha value is -3.71. The minimum absolute atomic E-state index is 0.0579. The first kappa shape index (κ1) is 26.9. The third kappa shape index (κ3) is 4.91. The molecule has 3 aliphatic heterocycles. The summed E-state index contributed by atoms with van der Waals surface area (Å²) in [7, 11) is 0. The number of nitrogens with zero attached hydrogens (tertiary/aromatic N) is 4. The van der Waals surface area contributed by atoms with Crippen LogP contribution < -0.4 is 10.2 Å². The number of piperidine rings is 1. The van der Waals surface area contributed by atoms with Crippen LogP contribution >= 0.6 is 11.3 Å². The van der Waals surface area contributed by atoms with Gasteiger partial charge in [-0.3, -0.25) is 14.7 Å². The summed E-state index contributed by atoms with van der Waals surface area (Å²) < 4.78 is 36.2. The molecule has 10 nitrogen and oxygen atoms in total. The number of benzene rings is 1. The number of halogens is 2. The molecule has 13 heteroatoms. The van der Waals surface area contributed by atoms with Gasteiger partial charge in [-0.05, 0) is 31.5 Å². The number of carbonyl (C=O) groups excluding carboxylic acids is 2. The predicted octanol–water partition coefficient (Wildman–Crippen LogP) is 2.53. The van der Waals surface area contributed by atoms with Crippen molar-refractivity contribution in [2.45, 2.75) is 25.9 Å². The first-order chi connectivity index (χ1) is 18.6. The maximum absolute atomic E-state index is 16.1. The van der Waals surface area contributed by atoms with Gasteiger partial charge >= 0.3 is 11.9 Å². The molecule has 1 aromatic carbocycles. The SMILES string of the molecule is CCOC(=O)C1=C(CN2CCC3(F)C(=O)N(c4cc(C)c(C(=O)O)cc4F)CC3C2)NC(c2nccs2)=NC1. The number of nitrogens with one attached hydrogen (secondary N) is 1. The molecule has 2 aromatic rings. The second-order valence-corrected chi connectivity index (χ2v) is 10.6. The molecule has 2 fully saturated rings. The van der Waals surface area contributed by atoms with Crippen molar-refractivity contribution in [1.29, 1.82) is 0 Å². The van der Waals surface area contributed by atoms with E-state index in [1.165, 1.54) is 24.3 Å².